The Balaban J connectivity index is 4.94. The highest BCUT2D eigenvalue weighted by Crippen LogP contribution is 2.29. The minimum atomic E-state index is -4.65. The van der Waals surface area contributed by atoms with Gasteiger partial charge in [-0.2, -0.15) is 13.2 Å². The van der Waals surface area contributed by atoms with E-state index in [9.17, 15) is 22.8 Å². The summed E-state index contributed by atoms with van der Waals surface area (Å²) in [6.45, 7) is 7.36. The Morgan fingerprint density at radius 2 is 1.73 bits per heavy atom. The Labute approximate surface area is 128 Å². The molecule has 0 aromatic rings. The summed E-state index contributed by atoms with van der Waals surface area (Å²) in [7, 11) is 0. The van der Waals surface area contributed by atoms with Gasteiger partial charge < -0.3 is 14.8 Å². The second-order valence-corrected chi connectivity index (χ2v) is 5.98. The van der Waals surface area contributed by atoms with Crippen molar-refractivity contribution in [3.63, 3.8) is 0 Å². The van der Waals surface area contributed by atoms with Crippen molar-refractivity contribution in [1.82, 2.24) is 5.32 Å². The van der Waals surface area contributed by atoms with Crippen LogP contribution in [0.15, 0.2) is 0 Å². The van der Waals surface area contributed by atoms with Gasteiger partial charge in [-0.3, -0.25) is 0 Å². The van der Waals surface area contributed by atoms with Crippen LogP contribution in [0.4, 0.5) is 18.0 Å². The second-order valence-electron chi connectivity index (χ2n) is 5.98. The maximum atomic E-state index is 12.8. The molecule has 0 spiro atoms. The molecule has 0 aliphatic carbocycles. The molecule has 0 radical (unpaired) electrons. The number of esters is 1. The van der Waals surface area contributed by atoms with Crippen molar-refractivity contribution in [2.24, 2.45) is 5.92 Å². The van der Waals surface area contributed by atoms with E-state index in [2.05, 4.69) is 0 Å². The molecule has 2 unspecified atom stereocenters. The Morgan fingerprint density at radius 1 is 1.18 bits per heavy atom. The van der Waals surface area contributed by atoms with Crippen molar-refractivity contribution in [2.75, 3.05) is 6.61 Å². The highest BCUT2D eigenvalue weighted by molar-refractivity contribution is 5.81. The molecule has 0 saturated heterocycles. The van der Waals surface area contributed by atoms with Crippen molar-refractivity contribution in [3.05, 3.63) is 0 Å². The first-order valence-corrected chi connectivity index (χ1v) is 7.11. The number of ether oxygens (including phenoxy) is 2. The number of amides is 1. The van der Waals surface area contributed by atoms with Crippen LogP contribution < -0.4 is 5.32 Å². The molecular weight excluding hydrogens is 303 g/mol. The Kier molecular flexibility index (Phi) is 7.69. The minimum Gasteiger partial charge on any atom is -0.464 e. The number of nitrogens with one attached hydrogen (secondary N) is 1. The fraction of sp³-hybridized carbons (Fsp3) is 0.857. The van der Waals surface area contributed by atoms with Gasteiger partial charge in [0.05, 0.1) is 12.5 Å². The Morgan fingerprint density at radius 3 is 2.14 bits per heavy atom. The van der Waals surface area contributed by atoms with Crippen LogP contribution in [0.5, 0.6) is 0 Å². The lowest BCUT2D eigenvalue weighted by atomic mass is 10.0. The predicted octanol–water partition coefficient (Wildman–Crippen LogP) is 3.42. The molecule has 0 aliphatic heterocycles. The van der Waals surface area contributed by atoms with Gasteiger partial charge in [-0.15, -0.1) is 0 Å². The molecule has 0 heterocycles. The molecule has 1 amide bonds. The second kappa shape index (κ2) is 8.24. The molecule has 0 bridgehead atoms. The zero-order valence-electron chi connectivity index (χ0n) is 13.5. The topological polar surface area (TPSA) is 64.6 Å². The predicted molar refractivity (Wildman–Crippen MR) is 74.2 cm³/mol. The first kappa shape index (κ1) is 20.5. The van der Waals surface area contributed by atoms with Gasteiger partial charge in [0.15, 0.2) is 0 Å². The summed E-state index contributed by atoms with van der Waals surface area (Å²) in [4.78, 5) is 23.4. The Hall–Kier alpha value is -1.47. The maximum absolute atomic E-state index is 12.8. The zero-order valence-corrected chi connectivity index (χ0v) is 13.5. The third-order valence-corrected chi connectivity index (χ3v) is 2.68. The van der Waals surface area contributed by atoms with Crippen molar-refractivity contribution in [1.29, 1.82) is 0 Å². The van der Waals surface area contributed by atoms with E-state index in [4.69, 9.17) is 9.47 Å². The molecule has 0 rings (SSSR count). The monoisotopic (exact) mass is 327 g/mol. The molecule has 0 saturated carbocycles. The summed E-state index contributed by atoms with van der Waals surface area (Å²) in [5.41, 5.74) is -0.887. The highest BCUT2D eigenvalue weighted by Gasteiger charge is 2.46. The number of carbonyl (C=O) groups is 2. The molecule has 1 N–H and O–H groups in total. The summed E-state index contributed by atoms with van der Waals surface area (Å²) < 4.78 is 48.2. The van der Waals surface area contributed by atoms with E-state index in [1.165, 1.54) is 0 Å². The average molecular weight is 327 g/mol. The summed E-state index contributed by atoms with van der Waals surface area (Å²) >= 11 is 0. The molecule has 130 valence electrons. The van der Waals surface area contributed by atoms with Crippen LogP contribution in [0.2, 0.25) is 0 Å². The van der Waals surface area contributed by atoms with E-state index < -0.39 is 35.8 Å². The molecule has 0 aromatic heterocycles. The van der Waals surface area contributed by atoms with E-state index in [0.29, 0.717) is 6.42 Å². The average Bonchev–Trinajstić information content (AvgIpc) is 2.32. The number of halogens is 3. The van der Waals surface area contributed by atoms with Crippen LogP contribution in [0.3, 0.4) is 0 Å². The van der Waals surface area contributed by atoms with Crippen LogP contribution >= 0.6 is 0 Å². The number of hydrogen-bond donors (Lipinski definition) is 1. The highest BCUT2D eigenvalue weighted by atomic mass is 19.4. The van der Waals surface area contributed by atoms with Crippen LogP contribution in [-0.4, -0.2) is 36.5 Å². The number of unbranched alkanes of at least 4 members (excludes halogenated alkanes) is 1. The molecule has 0 aliphatic rings. The van der Waals surface area contributed by atoms with E-state index >= 15 is 0 Å². The third kappa shape index (κ3) is 8.09. The summed E-state index contributed by atoms with van der Waals surface area (Å²) in [6.07, 6.45) is -4.48. The number of rotatable bonds is 6. The van der Waals surface area contributed by atoms with E-state index in [0.717, 1.165) is 13.3 Å². The molecule has 8 heteroatoms. The minimum absolute atomic E-state index is 0.00636. The van der Waals surface area contributed by atoms with Crippen LogP contribution in [0, 0.1) is 5.92 Å². The van der Waals surface area contributed by atoms with Gasteiger partial charge in [-0.1, -0.05) is 20.3 Å². The number of alkyl halides is 3. The lowest BCUT2D eigenvalue weighted by Crippen LogP contribution is -2.51. The Bertz CT molecular complexity index is 377. The van der Waals surface area contributed by atoms with E-state index in [1.54, 1.807) is 20.8 Å². The zero-order chi connectivity index (χ0) is 17.6. The van der Waals surface area contributed by atoms with Crippen molar-refractivity contribution < 1.29 is 32.2 Å². The van der Waals surface area contributed by atoms with Crippen molar-refractivity contribution in [3.8, 4) is 0 Å². The molecule has 0 fully saturated rings. The van der Waals surface area contributed by atoms with Gasteiger partial charge in [0.1, 0.15) is 11.6 Å². The molecule has 0 aromatic carbocycles. The smallest absolute Gasteiger partial charge is 0.408 e. The maximum Gasteiger partial charge on any atom is 0.408 e. The van der Waals surface area contributed by atoms with Gasteiger partial charge in [0.25, 0.3) is 0 Å². The van der Waals surface area contributed by atoms with Crippen LogP contribution in [0.1, 0.15) is 47.5 Å². The van der Waals surface area contributed by atoms with Crippen molar-refractivity contribution >= 4 is 12.1 Å². The van der Waals surface area contributed by atoms with Gasteiger partial charge in [0, 0.05) is 0 Å². The first-order valence-electron chi connectivity index (χ1n) is 7.11. The quantitative estimate of drug-likeness (QED) is 0.600. The van der Waals surface area contributed by atoms with Crippen LogP contribution in [0.25, 0.3) is 0 Å². The fourth-order valence-electron chi connectivity index (χ4n) is 1.42. The third-order valence-electron chi connectivity index (χ3n) is 2.68. The van der Waals surface area contributed by atoms with Gasteiger partial charge >= 0.3 is 18.2 Å². The molecular formula is C14H24F3NO4. The fourth-order valence-corrected chi connectivity index (χ4v) is 1.42. The largest absolute Gasteiger partial charge is 0.464 e. The van der Waals surface area contributed by atoms with Gasteiger partial charge in [0.2, 0.25) is 0 Å². The molecule has 2 atom stereocenters. The lowest BCUT2D eigenvalue weighted by molar-refractivity contribution is -0.187. The normalized spacial score (nSPS) is 14.9. The van der Waals surface area contributed by atoms with Crippen LogP contribution in [-0.2, 0) is 14.3 Å². The van der Waals surface area contributed by atoms with Crippen molar-refractivity contribution in [2.45, 2.75) is 65.3 Å². The van der Waals surface area contributed by atoms with E-state index in [-0.39, 0.29) is 6.61 Å². The molecule has 5 nitrogen and oxygen atoms in total. The number of hydrogen-bond acceptors (Lipinski definition) is 4. The van der Waals surface area contributed by atoms with E-state index in [1.807, 2.05) is 12.2 Å². The molecule has 22 heavy (non-hydrogen) atoms. The summed E-state index contributed by atoms with van der Waals surface area (Å²) in [5, 5.41) is 1.95. The summed E-state index contributed by atoms with van der Waals surface area (Å²) in [6, 6.07) is -1.84. The van der Waals surface area contributed by atoms with Gasteiger partial charge in [-0.05, 0) is 27.2 Å². The summed E-state index contributed by atoms with van der Waals surface area (Å²) in [5.74, 6) is -3.21. The number of alkyl carbamates (subject to hydrolysis) is 1. The standard InChI is InChI=1S/C14H24F3NO4/c1-6-7-8-21-11(19)10(9(2)14(15,16)17)18-12(20)22-13(3,4)5/h9-10H,6-8H2,1-5H3,(H,18,20). The lowest BCUT2D eigenvalue weighted by Gasteiger charge is -2.27. The SMILES string of the molecule is CCCCOC(=O)C(NC(=O)OC(C)(C)C)C(C)C(F)(F)F. The first-order chi connectivity index (χ1) is 9.88. The number of carbonyl (C=O) groups excluding carboxylic acids is 2. The van der Waals surface area contributed by atoms with Gasteiger partial charge in [-0.25, -0.2) is 9.59 Å².